The van der Waals surface area contributed by atoms with Gasteiger partial charge in [0.2, 0.25) is 5.95 Å². The lowest BCUT2D eigenvalue weighted by Crippen LogP contribution is -2.34. The van der Waals surface area contributed by atoms with E-state index in [-0.39, 0.29) is 17.3 Å². The minimum absolute atomic E-state index is 0.117. The zero-order valence-electron chi connectivity index (χ0n) is 10.2. The SMILES string of the molecule is CC(C)(Nc1cc(C(F)(F)F)nc(N)n1)C1CC1. The summed E-state index contributed by atoms with van der Waals surface area (Å²) in [4.78, 5) is 7.00. The first kappa shape index (κ1) is 12.9. The molecule has 1 heterocycles. The van der Waals surface area contributed by atoms with E-state index in [1.165, 1.54) is 0 Å². The molecule has 0 aromatic carbocycles. The second-order valence-corrected chi connectivity index (χ2v) is 5.12. The summed E-state index contributed by atoms with van der Waals surface area (Å²) in [7, 11) is 0. The highest BCUT2D eigenvalue weighted by molar-refractivity contribution is 5.43. The average Bonchev–Trinajstić information content (AvgIpc) is 2.96. The van der Waals surface area contributed by atoms with Crippen LogP contribution in [-0.2, 0) is 6.18 Å². The lowest BCUT2D eigenvalue weighted by atomic mass is 9.99. The number of nitrogen functional groups attached to an aromatic ring is 1. The number of nitrogens with zero attached hydrogens (tertiary/aromatic N) is 2. The Morgan fingerprint density at radius 3 is 2.39 bits per heavy atom. The molecule has 0 aliphatic heterocycles. The maximum Gasteiger partial charge on any atom is 0.433 e. The van der Waals surface area contributed by atoms with Gasteiger partial charge in [-0.25, -0.2) is 4.98 Å². The molecule has 100 valence electrons. The van der Waals surface area contributed by atoms with Gasteiger partial charge >= 0.3 is 6.18 Å². The minimum atomic E-state index is -4.52. The molecule has 0 spiro atoms. The maximum atomic E-state index is 12.6. The van der Waals surface area contributed by atoms with E-state index >= 15 is 0 Å². The lowest BCUT2D eigenvalue weighted by molar-refractivity contribution is -0.141. The van der Waals surface area contributed by atoms with Crippen molar-refractivity contribution in [3.8, 4) is 0 Å². The first-order chi connectivity index (χ1) is 8.18. The fourth-order valence-electron chi connectivity index (χ4n) is 1.91. The Bertz CT molecular complexity index is 452. The zero-order chi connectivity index (χ0) is 13.6. The number of nitrogens with one attached hydrogen (secondary N) is 1. The van der Waals surface area contributed by atoms with Gasteiger partial charge in [0.15, 0.2) is 5.69 Å². The first-order valence-corrected chi connectivity index (χ1v) is 5.68. The van der Waals surface area contributed by atoms with Crippen molar-refractivity contribution in [2.45, 2.75) is 38.4 Å². The normalized spacial score (nSPS) is 16.7. The van der Waals surface area contributed by atoms with Crippen molar-refractivity contribution in [3.63, 3.8) is 0 Å². The smallest absolute Gasteiger partial charge is 0.368 e. The molecule has 0 radical (unpaired) electrons. The topological polar surface area (TPSA) is 63.8 Å². The second kappa shape index (κ2) is 4.00. The molecule has 3 N–H and O–H groups in total. The van der Waals surface area contributed by atoms with Crippen LogP contribution >= 0.6 is 0 Å². The Balaban J connectivity index is 2.25. The predicted molar refractivity (Wildman–Crippen MR) is 61.9 cm³/mol. The third-order valence-corrected chi connectivity index (χ3v) is 3.08. The van der Waals surface area contributed by atoms with Gasteiger partial charge in [0.1, 0.15) is 5.82 Å². The number of nitrogens with two attached hydrogens (primary N) is 1. The molecule has 0 atom stereocenters. The summed E-state index contributed by atoms with van der Waals surface area (Å²) in [5.74, 6) is 0.202. The molecule has 0 bridgehead atoms. The summed E-state index contributed by atoms with van der Waals surface area (Å²) in [6, 6.07) is 0.889. The molecular formula is C11H15F3N4. The fraction of sp³-hybridized carbons (Fsp3) is 0.636. The van der Waals surface area contributed by atoms with Crippen molar-refractivity contribution in [1.82, 2.24) is 9.97 Å². The number of hydrogen-bond donors (Lipinski definition) is 2. The van der Waals surface area contributed by atoms with Gasteiger partial charge in [-0.3, -0.25) is 0 Å². The highest BCUT2D eigenvalue weighted by Crippen LogP contribution is 2.41. The van der Waals surface area contributed by atoms with Gasteiger partial charge in [0.05, 0.1) is 0 Å². The average molecular weight is 260 g/mol. The van der Waals surface area contributed by atoms with Crippen LogP contribution in [0, 0.1) is 5.92 Å². The fourth-order valence-corrected chi connectivity index (χ4v) is 1.91. The summed E-state index contributed by atoms with van der Waals surface area (Å²) in [5, 5.41) is 3.00. The van der Waals surface area contributed by atoms with E-state index in [9.17, 15) is 13.2 Å². The Kier molecular flexibility index (Phi) is 2.87. The monoisotopic (exact) mass is 260 g/mol. The zero-order valence-corrected chi connectivity index (χ0v) is 10.2. The van der Waals surface area contributed by atoms with Crippen molar-refractivity contribution in [1.29, 1.82) is 0 Å². The van der Waals surface area contributed by atoms with Crippen molar-refractivity contribution < 1.29 is 13.2 Å². The van der Waals surface area contributed by atoms with Crippen LogP contribution in [0.4, 0.5) is 24.9 Å². The quantitative estimate of drug-likeness (QED) is 0.877. The van der Waals surface area contributed by atoms with Crippen LogP contribution in [0.5, 0.6) is 0 Å². The number of alkyl halides is 3. The van der Waals surface area contributed by atoms with E-state index in [0.29, 0.717) is 5.92 Å². The summed E-state index contributed by atoms with van der Waals surface area (Å²) in [6.07, 6.45) is -2.36. The van der Waals surface area contributed by atoms with E-state index < -0.39 is 11.9 Å². The molecule has 2 rings (SSSR count). The molecule has 0 amide bonds. The molecule has 1 aliphatic rings. The third-order valence-electron chi connectivity index (χ3n) is 3.08. The van der Waals surface area contributed by atoms with Gasteiger partial charge < -0.3 is 11.1 Å². The van der Waals surface area contributed by atoms with Gasteiger partial charge in [-0.2, -0.15) is 18.2 Å². The van der Waals surface area contributed by atoms with Crippen molar-refractivity contribution >= 4 is 11.8 Å². The van der Waals surface area contributed by atoms with E-state index in [4.69, 9.17) is 5.73 Å². The van der Waals surface area contributed by atoms with Crippen LogP contribution in [-0.4, -0.2) is 15.5 Å². The molecule has 1 aromatic heterocycles. The van der Waals surface area contributed by atoms with Crippen LogP contribution in [0.3, 0.4) is 0 Å². The molecule has 1 saturated carbocycles. The standard InChI is InChI=1S/C11H15F3N4/c1-10(2,6-3-4-6)18-8-5-7(11(12,13)14)16-9(15)17-8/h5-6H,3-4H2,1-2H3,(H3,15,16,17,18). The molecule has 0 saturated heterocycles. The van der Waals surface area contributed by atoms with Gasteiger partial charge in [0.25, 0.3) is 0 Å². The number of aromatic nitrogens is 2. The van der Waals surface area contributed by atoms with E-state index in [1.54, 1.807) is 0 Å². The largest absolute Gasteiger partial charge is 0.433 e. The second-order valence-electron chi connectivity index (χ2n) is 5.12. The van der Waals surface area contributed by atoms with Crippen molar-refractivity contribution in [2.75, 3.05) is 11.1 Å². The lowest BCUT2D eigenvalue weighted by Gasteiger charge is -2.27. The molecule has 4 nitrogen and oxygen atoms in total. The Hall–Kier alpha value is -1.53. The maximum absolute atomic E-state index is 12.6. The molecular weight excluding hydrogens is 245 g/mol. The van der Waals surface area contributed by atoms with Crippen LogP contribution in [0.25, 0.3) is 0 Å². The molecule has 18 heavy (non-hydrogen) atoms. The molecule has 7 heteroatoms. The molecule has 1 aromatic rings. The van der Waals surface area contributed by atoms with Gasteiger partial charge in [-0.15, -0.1) is 0 Å². The van der Waals surface area contributed by atoms with E-state index in [0.717, 1.165) is 18.9 Å². The summed E-state index contributed by atoms with van der Waals surface area (Å²) >= 11 is 0. The van der Waals surface area contributed by atoms with Gasteiger partial charge in [-0.05, 0) is 32.6 Å². The summed E-state index contributed by atoms with van der Waals surface area (Å²) in [6.45, 7) is 3.88. The summed E-state index contributed by atoms with van der Waals surface area (Å²) in [5.41, 5.74) is 3.99. The van der Waals surface area contributed by atoms with E-state index in [2.05, 4.69) is 15.3 Å². The summed E-state index contributed by atoms with van der Waals surface area (Å²) < 4.78 is 37.7. The predicted octanol–water partition coefficient (Wildman–Crippen LogP) is 2.68. The Morgan fingerprint density at radius 2 is 1.89 bits per heavy atom. The minimum Gasteiger partial charge on any atom is -0.368 e. The Morgan fingerprint density at radius 1 is 1.28 bits per heavy atom. The van der Waals surface area contributed by atoms with Crippen molar-refractivity contribution in [3.05, 3.63) is 11.8 Å². The van der Waals surface area contributed by atoms with E-state index in [1.807, 2.05) is 13.8 Å². The molecule has 0 unspecified atom stereocenters. The Labute approximate surface area is 103 Å². The number of rotatable bonds is 3. The molecule has 1 aliphatic carbocycles. The number of hydrogen-bond acceptors (Lipinski definition) is 4. The van der Waals surface area contributed by atoms with Crippen LogP contribution in [0.2, 0.25) is 0 Å². The van der Waals surface area contributed by atoms with Gasteiger partial charge in [0, 0.05) is 11.6 Å². The third kappa shape index (κ3) is 2.83. The first-order valence-electron chi connectivity index (χ1n) is 5.68. The van der Waals surface area contributed by atoms with Crippen LogP contribution in [0.1, 0.15) is 32.4 Å². The number of halogens is 3. The van der Waals surface area contributed by atoms with Crippen molar-refractivity contribution in [2.24, 2.45) is 5.92 Å². The highest BCUT2D eigenvalue weighted by Gasteiger charge is 2.39. The molecule has 1 fully saturated rings. The van der Waals surface area contributed by atoms with Crippen LogP contribution < -0.4 is 11.1 Å². The van der Waals surface area contributed by atoms with Gasteiger partial charge in [-0.1, -0.05) is 0 Å². The van der Waals surface area contributed by atoms with Crippen LogP contribution in [0.15, 0.2) is 6.07 Å². The number of anilines is 2. The highest BCUT2D eigenvalue weighted by atomic mass is 19.4.